The van der Waals surface area contributed by atoms with E-state index in [-0.39, 0.29) is 11.7 Å². The number of methoxy groups -OCH3 is 1. The van der Waals surface area contributed by atoms with Crippen molar-refractivity contribution < 1.29 is 9.84 Å². The highest BCUT2D eigenvalue weighted by molar-refractivity contribution is 5.09. The Morgan fingerprint density at radius 2 is 1.69 bits per heavy atom. The molecule has 0 aromatic heterocycles. The molecule has 4 fully saturated rings. The van der Waals surface area contributed by atoms with Crippen LogP contribution >= 0.6 is 0 Å². The van der Waals surface area contributed by atoms with E-state index >= 15 is 0 Å². The van der Waals surface area contributed by atoms with Crippen molar-refractivity contribution >= 4 is 0 Å². The molecular weight excluding hydrogens is 392 g/mol. The molecular formula is C30H54O2. The van der Waals surface area contributed by atoms with Crippen LogP contribution in [0.15, 0.2) is 0 Å². The van der Waals surface area contributed by atoms with E-state index in [1.165, 1.54) is 77.0 Å². The lowest BCUT2D eigenvalue weighted by molar-refractivity contribution is -0.129. The number of fused-ring (bicyclic) bond motifs is 5. The molecule has 0 heterocycles. The zero-order valence-corrected chi connectivity index (χ0v) is 22.3. The van der Waals surface area contributed by atoms with E-state index in [1.54, 1.807) is 0 Å². The zero-order valence-electron chi connectivity index (χ0n) is 22.3. The Kier molecular flexibility index (Phi) is 7.45. The summed E-state index contributed by atoms with van der Waals surface area (Å²) in [6.45, 7) is 12.5. The number of aliphatic hydroxyl groups excluding tert-OH is 1. The topological polar surface area (TPSA) is 29.5 Å². The molecule has 0 aromatic rings. The van der Waals surface area contributed by atoms with Gasteiger partial charge in [0.15, 0.2) is 0 Å². The summed E-state index contributed by atoms with van der Waals surface area (Å²) in [5.41, 5.74) is 1.17. The van der Waals surface area contributed by atoms with Gasteiger partial charge in [-0.3, -0.25) is 0 Å². The number of ether oxygens (including phenoxy) is 1. The molecule has 0 aliphatic heterocycles. The SMILES string of the molecule is CCCC(C)(CCC[C@@H](C)C1CCC2[C@@H]3CCC4C[C@@H](O)CC[C@]4(C)C3CC[C@@]21C)OC. The first-order valence-electron chi connectivity index (χ1n) is 14.4. The molecule has 0 saturated heterocycles. The van der Waals surface area contributed by atoms with Crippen LogP contribution in [0.4, 0.5) is 0 Å². The van der Waals surface area contributed by atoms with Gasteiger partial charge in [-0.25, -0.2) is 0 Å². The summed E-state index contributed by atoms with van der Waals surface area (Å²) in [5, 5.41) is 10.3. The Labute approximate surface area is 199 Å². The summed E-state index contributed by atoms with van der Waals surface area (Å²) < 4.78 is 5.89. The zero-order chi connectivity index (χ0) is 23.1. The predicted octanol–water partition coefficient (Wildman–Crippen LogP) is 8.02. The molecule has 0 radical (unpaired) electrons. The van der Waals surface area contributed by atoms with E-state index in [4.69, 9.17) is 4.74 Å². The van der Waals surface area contributed by atoms with Gasteiger partial charge in [-0.2, -0.15) is 0 Å². The largest absolute Gasteiger partial charge is 0.393 e. The molecule has 186 valence electrons. The highest BCUT2D eigenvalue weighted by atomic mass is 16.5. The van der Waals surface area contributed by atoms with Crippen molar-refractivity contribution in [2.24, 2.45) is 46.3 Å². The van der Waals surface area contributed by atoms with Crippen LogP contribution in [0.2, 0.25) is 0 Å². The van der Waals surface area contributed by atoms with E-state index in [2.05, 4.69) is 34.6 Å². The van der Waals surface area contributed by atoms with Crippen molar-refractivity contribution in [1.29, 1.82) is 0 Å². The Hall–Kier alpha value is -0.0800. The number of hydrogen-bond acceptors (Lipinski definition) is 2. The predicted molar refractivity (Wildman–Crippen MR) is 135 cm³/mol. The van der Waals surface area contributed by atoms with Gasteiger partial charge < -0.3 is 9.84 Å². The van der Waals surface area contributed by atoms with Gasteiger partial charge in [0.25, 0.3) is 0 Å². The number of rotatable bonds is 8. The van der Waals surface area contributed by atoms with Gasteiger partial charge in [-0.1, -0.05) is 47.0 Å². The van der Waals surface area contributed by atoms with Crippen molar-refractivity contribution in [2.75, 3.05) is 7.11 Å². The lowest BCUT2D eigenvalue weighted by Gasteiger charge is -2.61. The molecule has 4 rings (SSSR count). The third-order valence-electron chi connectivity index (χ3n) is 12.0. The van der Waals surface area contributed by atoms with Crippen molar-refractivity contribution in [2.45, 2.75) is 136 Å². The monoisotopic (exact) mass is 446 g/mol. The van der Waals surface area contributed by atoms with E-state index in [0.29, 0.717) is 10.8 Å². The molecule has 0 spiro atoms. The first-order valence-corrected chi connectivity index (χ1v) is 14.4. The van der Waals surface area contributed by atoms with E-state index < -0.39 is 0 Å². The molecule has 0 amide bonds. The molecule has 0 aromatic carbocycles. The average molecular weight is 447 g/mol. The molecule has 2 heteroatoms. The highest BCUT2D eigenvalue weighted by Crippen LogP contribution is 2.68. The second-order valence-electron chi connectivity index (χ2n) is 13.6. The lowest BCUT2D eigenvalue weighted by Crippen LogP contribution is -2.54. The molecule has 4 aliphatic carbocycles. The fourth-order valence-corrected chi connectivity index (χ4v) is 10.1. The van der Waals surface area contributed by atoms with Gasteiger partial charge in [0.2, 0.25) is 0 Å². The fraction of sp³-hybridized carbons (Fsp3) is 1.00. The van der Waals surface area contributed by atoms with Crippen molar-refractivity contribution in [1.82, 2.24) is 0 Å². The molecule has 4 saturated carbocycles. The minimum absolute atomic E-state index is 0.0208. The molecule has 1 N–H and O–H groups in total. The quantitative estimate of drug-likeness (QED) is 0.409. The van der Waals surface area contributed by atoms with Crippen LogP contribution in [0.3, 0.4) is 0 Å². The van der Waals surface area contributed by atoms with Crippen LogP contribution in [-0.2, 0) is 4.74 Å². The van der Waals surface area contributed by atoms with Crippen LogP contribution in [0.25, 0.3) is 0 Å². The maximum atomic E-state index is 10.3. The fourth-order valence-electron chi connectivity index (χ4n) is 10.1. The summed E-state index contributed by atoms with van der Waals surface area (Å²) in [7, 11) is 1.91. The van der Waals surface area contributed by atoms with Gasteiger partial charge in [-0.15, -0.1) is 0 Å². The molecule has 4 aliphatic rings. The Bertz CT molecular complexity index is 632. The summed E-state index contributed by atoms with van der Waals surface area (Å²) >= 11 is 0. The summed E-state index contributed by atoms with van der Waals surface area (Å²) in [4.78, 5) is 0. The summed E-state index contributed by atoms with van der Waals surface area (Å²) in [6, 6.07) is 0. The van der Waals surface area contributed by atoms with Gasteiger partial charge in [0.1, 0.15) is 0 Å². The third-order valence-corrected chi connectivity index (χ3v) is 12.0. The minimum atomic E-state index is -0.0208. The van der Waals surface area contributed by atoms with Crippen LogP contribution in [0.5, 0.6) is 0 Å². The Morgan fingerprint density at radius 1 is 0.969 bits per heavy atom. The van der Waals surface area contributed by atoms with Gasteiger partial charge in [0.05, 0.1) is 11.7 Å². The van der Waals surface area contributed by atoms with E-state index in [9.17, 15) is 5.11 Å². The molecule has 5 unspecified atom stereocenters. The first kappa shape index (κ1) is 25.0. The molecule has 10 atom stereocenters. The van der Waals surface area contributed by atoms with Crippen LogP contribution < -0.4 is 0 Å². The van der Waals surface area contributed by atoms with Crippen LogP contribution in [0.1, 0.15) is 125 Å². The highest BCUT2D eigenvalue weighted by Gasteiger charge is 2.60. The second-order valence-corrected chi connectivity index (χ2v) is 13.6. The van der Waals surface area contributed by atoms with E-state index in [1.807, 2.05) is 7.11 Å². The molecule has 32 heavy (non-hydrogen) atoms. The normalized spacial score (nSPS) is 46.6. The van der Waals surface area contributed by atoms with E-state index in [0.717, 1.165) is 48.3 Å². The summed E-state index contributed by atoms with van der Waals surface area (Å²) in [5.74, 6) is 5.41. The minimum Gasteiger partial charge on any atom is -0.393 e. The third kappa shape index (κ3) is 4.34. The maximum absolute atomic E-state index is 10.3. The smallest absolute Gasteiger partial charge is 0.0650 e. The van der Waals surface area contributed by atoms with Crippen molar-refractivity contribution in [3.63, 3.8) is 0 Å². The van der Waals surface area contributed by atoms with Gasteiger partial charge in [0, 0.05) is 7.11 Å². The lowest BCUT2D eigenvalue weighted by atomic mass is 9.44. The maximum Gasteiger partial charge on any atom is 0.0650 e. The van der Waals surface area contributed by atoms with Crippen LogP contribution in [-0.4, -0.2) is 23.9 Å². The Balaban J connectivity index is 1.39. The van der Waals surface area contributed by atoms with Gasteiger partial charge >= 0.3 is 0 Å². The summed E-state index contributed by atoms with van der Waals surface area (Å²) in [6.07, 6.45) is 18.4. The van der Waals surface area contributed by atoms with Crippen LogP contribution in [0, 0.1) is 46.3 Å². The number of aliphatic hydroxyl groups is 1. The van der Waals surface area contributed by atoms with Crippen molar-refractivity contribution in [3.8, 4) is 0 Å². The molecule has 2 nitrogen and oxygen atoms in total. The second kappa shape index (κ2) is 9.52. The van der Waals surface area contributed by atoms with Gasteiger partial charge in [-0.05, 0) is 124 Å². The molecule has 0 bridgehead atoms. The average Bonchev–Trinajstić information content (AvgIpc) is 3.11. The standard InChI is InChI=1S/C30H54O2/c1-7-16-28(3,32-6)17-8-9-21(2)25-12-13-26-24-11-10-22-20-23(31)14-18-29(22,4)27(24)15-19-30(25,26)5/h21-27,31H,7-20H2,1-6H3/t21-,22?,23+,24+,25?,26?,27?,28?,29+,30-/m1/s1. The van der Waals surface area contributed by atoms with Crippen molar-refractivity contribution in [3.05, 3.63) is 0 Å². The first-order chi connectivity index (χ1) is 15.2. The Morgan fingerprint density at radius 3 is 2.41 bits per heavy atom. The number of hydrogen-bond donors (Lipinski definition) is 1.